The summed E-state index contributed by atoms with van der Waals surface area (Å²) in [5.41, 5.74) is 2.42. The summed E-state index contributed by atoms with van der Waals surface area (Å²) in [6.07, 6.45) is 3.59. The second-order valence-corrected chi connectivity index (χ2v) is 5.23. The average molecular weight is 277 g/mol. The monoisotopic (exact) mass is 277 g/mol. The molecule has 2 rings (SSSR count). The topological polar surface area (TPSA) is 54.5 Å². The van der Waals surface area contributed by atoms with E-state index in [1.54, 1.807) is 11.1 Å². The molecule has 0 bridgehead atoms. The van der Waals surface area contributed by atoms with E-state index in [0.29, 0.717) is 12.2 Å². The standard InChI is InChI=1S/C15H23N3O2/c1-4-6-16-14-8-11(2)17-9-13(14)15(19)18(3)12-5-7-20-10-12/h8-9,12H,4-7,10H2,1-3H3,(H,16,17). The van der Waals surface area contributed by atoms with Crippen molar-refractivity contribution in [2.24, 2.45) is 0 Å². The molecule has 2 heterocycles. The first-order valence-corrected chi connectivity index (χ1v) is 7.19. The van der Waals surface area contributed by atoms with Gasteiger partial charge in [-0.25, -0.2) is 0 Å². The van der Waals surface area contributed by atoms with Gasteiger partial charge in [0.15, 0.2) is 0 Å². The lowest BCUT2D eigenvalue weighted by Crippen LogP contribution is -2.37. The molecule has 1 atom stereocenters. The zero-order valence-corrected chi connectivity index (χ0v) is 12.5. The van der Waals surface area contributed by atoms with E-state index in [1.807, 2.05) is 20.0 Å². The van der Waals surface area contributed by atoms with Gasteiger partial charge in [0.2, 0.25) is 0 Å². The Morgan fingerprint density at radius 2 is 2.40 bits per heavy atom. The SMILES string of the molecule is CCCNc1cc(C)ncc1C(=O)N(C)C1CCOC1. The molecule has 1 unspecified atom stereocenters. The largest absolute Gasteiger partial charge is 0.384 e. The van der Waals surface area contributed by atoms with Crippen molar-refractivity contribution < 1.29 is 9.53 Å². The highest BCUT2D eigenvalue weighted by atomic mass is 16.5. The Hall–Kier alpha value is -1.62. The van der Waals surface area contributed by atoms with E-state index in [0.717, 1.165) is 37.4 Å². The van der Waals surface area contributed by atoms with E-state index in [4.69, 9.17) is 4.74 Å². The number of hydrogen-bond acceptors (Lipinski definition) is 4. The van der Waals surface area contributed by atoms with Gasteiger partial charge >= 0.3 is 0 Å². The quantitative estimate of drug-likeness (QED) is 0.895. The second kappa shape index (κ2) is 6.70. The molecule has 0 radical (unpaired) electrons. The Balaban J connectivity index is 2.19. The highest BCUT2D eigenvalue weighted by molar-refractivity contribution is 5.99. The van der Waals surface area contributed by atoms with Crippen LogP contribution in [0.3, 0.4) is 0 Å². The van der Waals surface area contributed by atoms with Crippen molar-refractivity contribution in [2.75, 3.05) is 32.1 Å². The van der Waals surface area contributed by atoms with Crippen LogP contribution in [0, 0.1) is 6.92 Å². The lowest BCUT2D eigenvalue weighted by Gasteiger charge is -2.24. The molecule has 1 aliphatic heterocycles. The Bertz CT molecular complexity index is 470. The molecule has 1 N–H and O–H groups in total. The number of ether oxygens (including phenoxy) is 1. The first-order chi connectivity index (χ1) is 9.63. The van der Waals surface area contributed by atoms with Gasteiger partial charge in [0.1, 0.15) is 0 Å². The lowest BCUT2D eigenvalue weighted by atomic mass is 10.1. The molecule has 0 aromatic carbocycles. The fraction of sp³-hybridized carbons (Fsp3) is 0.600. The molecule has 1 amide bonds. The Kier molecular flexibility index (Phi) is 4.95. The van der Waals surface area contributed by atoms with E-state index in [9.17, 15) is 4.79 Å². The van der Waals surface area contributed by atoms with Crippen molar-refractivity contribution in [3.8, 4) is 0 Å². The highest BCUT2D eigenvalue weighted by Crippen LogP contribution is 2.20. The van der Waals surface area contributed by atoms with E-state index in [-0.39, 0.29) is 11.9 Å². The van der Waals surface area contributed by atoms with Crippen LogP contribution in [0.5, 0.6) is 0 Å². The summed E-state index contributed by atoms with van der Waals surface area (Å²) < 4.78 is 5.35. The number of likely N-dealkylation sites (N-methyl/N-ethyl adjacent to an activating group) is 1. The van der Waals surface area contributed by atoms with Crippen molar-refractivity contribution in [3.05, 3.63) is 23.5 Å². The van der Waals surface area contributed by atoms with Gasteiger partial charge in [0.25, 0.3) is 5.91 Å². The minimum absolute atomic E-state index is 0.00611. The molecule has 20 heavy (non-hydrogen) atoms. The van der Waals surface area contributed by atoms with Gasteiger partial charge in [-0.05, 0) is 25.8 Å². The molecular weight excluding hydrogens is 254 g/mol. The summed E-state index contributed by atoms with van der Waals surface area (Å²) in [6, 6.07) is 2.10. The molecule has 0 spiro atoms. The Labute approximate surface area is 120 Å². The van der Waals surface area contributed by atoms with E-state index >= 15 is 0 Å². The van der Waals surface area contributed by atoms with Crippen molar-refractivity contribution in [3.63, 3.8) is 0 Å². The maximum Gasteiger partial charge on any atom is 0.257 e. The Morgan fingerprint density at radius 1 is 1.60 bits per heavy atom. The summed E-state index contributed by atoms with van der Waals surface area (Å²) in [6.45, 7) is 6.24. The molecule has 110 valence electrons. The third-order valence-electron chi connectivity index (χ3n) is 3.61. The number of carbonyl (C=O) groups is 1. The fourth-order valence-electron chi connectivity index (χ4n) is 2.32. The van der Waals surface area contributed by atoms with E-state index in [1.165, 1.54) is 0 Å². The molecule has 1 aliphatic rings. The highest BCUT2D eigenvalue weighted by Gasteiger charge is 2.26. The Morgan fingerprint density at radius 3 is 3.05 bits per heavy atom. The molecule has 1 fully saturated rings. The summed E-state index contributed by atoms with van der Waals surface area (Å²) in [5, 5.41) is 3.31. The molecule has 0 saturated carbocycles. The van der Waals surface area contributed by atoms with Gasteiger partial charge in [-0.1, -0.05) is 6.92 Å². The second-order valence-electron chi connectivity index (χ2n) is 5.23. The van der Waals surface area contributed by atoms with Gasteiger partial charge in [-0.2, -0.15) is 0 Å². The van der Waals surface area contributed by atoms with Gasteiger partial charge in [0, 0.05) is 32.1 Å². The molecule has 1 saturated heterocycles. The van der Waals surface area contributed by atoms with Crippen LogP contribution in [0.4, 0.5) is 5.69 Å². The molecule has 1 aromatic rings. The first-order valence-electron chi connectivity index (χ1n) is 7.19. The van der Waals surface area contributed by atoms with Crippen molar-refractivity contribution >= 4 is 11.6 Å². The van der Waals surface area contributed by atoms with Crippen LogP contribution in [-0.4, -0.2) is 48.6 Å². The average Bonchev–Trinajstić information content (AvgIpc) is 2.97. The number of pyridine rings is 1. The molecule has 0 aliphatic carbocycles. The zero-order valence-electron chi connectivity index (χ0n) is 12.5. The number of nitrogens with one attached hydrogen (secondary N) is 1. The number of nitrogens with zero attached hydrogens (tertiary/aromatic N) is 2. The van der Waals surface area contributed by atoms with Crippen molar-refractivity contribution in [2.45, 2.75) is 32.7 Å². The van der Waals surface area contributed by atoms with Crippen LogP contribution in [-0.2, 0) is 4.74 Å². The van der Waals surface area contributed by atoms with Crippen LogP contribution >= 0.6 is 0 Å². The smallest absolute Gasteiger partial charge is 0.257 e. The summed E-state index contributed by atoms with van der Waals surface area (Å²) in [4.78, 5) is 18.7. The van der Waals surface area contributed by atoms with Gasteiger partial charge in [-0.15, -0.1) is 0 Å². The van der Waals surface area contributed by atoms with E-state index < -0.39 is 0 Å². The molecule has 1 aromatic heterocycles. The number of aryl methyl sites for hydroxylation is 1. The van der Waals surface area contributed by atoms with Gasteiger partial charge < -0.3 is 15.0 Å². The van der Waals surface area contributed by atoms with Crippen LogP contribution in [0.1, 0.15) is 35.8 Å². The third kappa shape index (κ3) is 3.28. The van der Waals surface area contributed by atoms with Crippen LogP contribution in [0.25, 0.3) is 0 Å². The number of amides is 1. The third-order valence-corrected chi connectivity index (χ3v) is 3.61. The fourth-order valence-corrected chi connectivity index (χ4v) is 2.32. The van der Waals surface area contributed by atoms with Crippen molar-refractivity contribution in [1.82, 2.24) is 9.88 Å². The summed E-state index contributed by atoms with van der Waals surface area (Å²) in [5.74, 6) is 0.00611. The minimum atomic E-state index is 0.00611. The minimum Gasteiger partial charge on any atom is -0.384 e. The van der Waals surface area contributed by atoms with Crippen molar-refractivity contribution in [1.29, 1.82) is 0 Å². The lowest BCUT2D eigenvalue weighted by molar-refractivity contribution is 0.0712. The van der Waals surface area contributed by atoms with Crippen LogP contribution < -0.4 is 5.32 Å². The predicted molar refractivity (Wildman–Crippen MR) is 79.1 cm³/mol. The zero-order chi connectivity index (χ0) is 14.5. The molecule has 5 nitrogen and oxygen atoms in total. The van der Waals surface area contributed by atoms with Crippen LogP contribution in [0.2, 0.25) is 0 Å². The number of carbonyl (C=O) groups excluding carboxylic acids is 1. The predicted octanol–water partition coefficient (Wildman–Crippen LogP) is 2.07. The van der Waals surface area contributed by atoms with Gasteiger partial charge in [0.05, 0.1) is 23.9 Å². The normalized spacial score (nSPS) is 18.1. The summed E-state index contributed by atoms with van der Waals surface area (Å²) >= 11 is 0. The molecular formula is C15H23N3O2. The number of rotatable bonds is 5. The van der Waals surface area contributed by atoms with E-state index in [2.05, 4.69) is 17.2 Å². The first kappa shape index (κ1) is 14.8. The van der Waals surface area contributed by atoms with Crippen LogP contribution in [0.15, 0.2) is 12.3 Å². The number of hydrogen-bond donors (Lipinski definition) is 1. The molecule has 5 heteroatoms. The summed E-state index contributed by atoms with van der Waals surface area (Å²) in [7, 11) is 1.84. The maximum atomic E-state index is 12.6. The maximum absolute atomic E-state index is 12.6. The number of aromatic nitrogens is 1. The van der Waals surface area contributed by atoms with Gasteiger partial charge in [-0.3, -0.25) is 9.78 Å². The number of anilines is 1.